The number of ether oxygens (including phenoxy) is 2. The number of esters is 1. The Hall–Kier alpha value is -0.650. The smallest absolute Gasteiger partial charge is 0.302 e. The second-order valence-electron chi connectivity index (χ2n) is 7.63. The first-order valence-corrected chi connectivity index (χ1v) is 8.50. The number of rotatable bonds is 3. The zero-order valence-corrected chi connectivity index (χ0v) is 14.1. The molecule has 1 saturated carbocycles. The minimum absolute atomic E-state index is 0.226. The van der Waals surface area contributed by atoms with Crippen molar-refractivity contribution < 1.29 is 24.0 Å². The molecule has 3 saturated heterocycles. The molecule has 0 aromatic heterocycles. The highest BCUT2D eigenvalue weighted by molar-refractivity contribution is 5.65. The lowest BCUT2D eigenvalue weighted by atomic mass is 9.60. The molecule has 3 heterocycles. The maximum absolute atomic E-state index is 11.1. The maximum Gasteiger partial charge on any atom is 0.302 e. The van der Waals surface area contributed by atoms with E-state index in [0.717, 1.165) is 19.3 Å². The van der Waals surface area contributed by atoms with Crippen molar-refractivity contribution in [2.45, 2.75) is 64.8 Å². The third-order valence-corrected chi connectivity index (χ3v) is 6.00. The highest BCUT2D eigenvalue weighted by Crippen LogP contribution is 2.55. The first-order valence-electron chi connectivity index (χ1n) is 8.50. The van der Waals surface area contributed by atoms with E-state index in [2.05, 4.69) is 13.8 Å². The highest BCUT2D eigenvalue weighted by Gasteiger charge is 2.60. The lowest BCUT2D eigenvalue weighted by molar-refractivity contribution is -0.517. The zero-order valence-electron chi connectivity index (χ0n) is 14.1. The van der Waals surface area contributed by atoms with E-state index in [9.17, 15) is 4.79 Å². The van der Waals surface area contributed by atoms with Crippen LogP contribution in [0.5, 0.6) is 0 Å². The largest absolute Gasteiger partial charge is 0.466 e. The Morgan fingerprint density at radius 3 is 2.73 bits per heavy atom. The topological polar surface area (TPSA) is 54.0 Å². The fourth-order valence-corrected chi connectivity index (χ4v) is 4.65. The second-order valence-corrected chi connectivity index (χ2v) is 7.63. The van der Waals surface area contributed by atoms with Gasteiger partial charge in [-0.3, -0.25) is 4.79 Å². The van der Waals surface area contributed by atoms with Crippen molar-refractivity contribution in [1.29, 1.82) is 0 Å². The Morgan fingerprint density at radius 1 is 1.32 bits per heavy atom. The molecule has 5 nitrogen and oxygen atoms in total. The molecule has 4 fully saturated rings. The van der Waals surface area contributed by atoms with Crippen LogP contribution in [0.2, 0.25) is 0 Å². The summed E-state index contributed by atoms with van der Waals surface area (Å²) in [4.78, 5) is 22.8. The first kappa shape index (κ1) is 16.2. The number of hydrogen-bond acceptors (Lipinski definition) is 5. The van der Waals surface area contributed by atoms with Gasteiger partial charge in [0.2, 0.25) is 0 Å². The molecule has 2 bridgehead atoms. The summed E-state index contributed by atoms with van der Waals surface area (Å²) < 4.78 is 11.3. The van der Waals surface area contributed by atoms with Gasteiger partial charge in [0.05, 0.1) is 13.2 Å². The molecule has 1 spiro atoms. The maximum atomic E-state index is 11.1. The van der Waals surface area contributed by atoms with Crippen molar-refractivity contribution in [1.82, 2.24) is 0 Å². The van der Waals surface area contributed by atoms with Crippen LogP contribution in [0.3, 0.4) is 0 Å². The molecule has 0 aromatic carbocycles. The predicted octanol–water partition coefficient (Wildman–Crippen LogP) is 3.08. The molecule has 22 heavy (non-hydrogen) atoms. The Morgan fingerprint density at radius 2 is 2.09 bits per heavy atom. The molecular weight excluding hydrogens is 284 g/mol. The standard InChI is InChI=1S/C17H28O5/c1-11-5-6-14(12(2)9-19-13(3)18)17-10-20-16(4,21-22-17)8-7-15(11)17/h11-12,14-15H,5-10H2,1-4H3/t11-,12+,14?,15?,16-,17+/m1/s1. The van der Waals surface area contributed by atoms with Crippen molar-refractivity contribution in [3.05, 3.63) is 0 Å². The van der Waals surface area contributed by atoms with Crippen LogP contribution >= 0.6 is 0 Å². The molecular formula is C17H28O5. The Labute approximate surface area is 132 Å². The number of fused-ring (bicyclic) bond motifs is 3. The molecule has 4 rings (SSSR count). The molecule has 4 aliphatic rings. The number of carbonyl (C=O) groups is 1. The number of hydrogen-bond donors (Lipinski definition) is 0. The fraction of sp³-hybridized carbons (Fsp3) is 0.941. The van der Waals surface area contributed by atoms with E-state index in [1.165, 1.54) is 13.3 Å². The van der Waals surface area contributed by atoms with Gasteiger partial charge in [-0.15, -0.1) is 0 Å². The van der Waals surface area contributed by atoms with E-state index >= 15 is 0 Å². The Bertz CT molecular complexity index is 427. The van der Waals surface area contributed by atoms with Crippen LogP contribution in [0.1, 0.15) is 53.4 Å². The first-order chi connectivity index (χ1) is 10.4. The van der Waals surface area contributed by atoms with Crippen LogP contribution < -0.4 is 0 Å². The average Bonchev–Trinajstić information content (AvgIpc) is 2.72. The van der Waals surface area contributed by atoms with E-state index in [1.807, 2.05) is 6.92 Å². The average molecular weight is 312 g/mol. The van der Waals surface area contributed by atoms with Crippen LogP contribution in [0.15, 0.2) is 0 Å². The molecule has 0 amide bonds. The van der Waals surface area contributed by atoms with Crippen LogP contribution in [0.25, 0.3) is 0 Å². The van der Waals surface area contributed by atoms with Gasteiger partial charge in [-0.25, -0.2) is 9.78 Å². The second kappa shape index (κ2) is 5.77. The summed E-state index contributed by atoms with van der Waals surface area (Å²) >= 11 is 0. The van der Waals surface area contributed by atoms with Gasteiger partial charge < -0.3 is 9.47 Å². The summed E-state index contributed by atoms with van der Waals surface area (Å²) in [5, 5.41) is 0. The highest BCUT2D eigenvalue weighted by atomic mass is 17.2. The molecule has 0 radical (unpaired) electrons. The lowest BCUT2D eigenvalue weighted by Gasteiger charge is -2.53. The van der Waals surface area contributed by atoms with Gasteiger partial charge in [-0.2, -0.15) is 0 Å². The van der Waals surface area contributed by atoms with E-state index in [0.29, 0.717) is 25.0 Å². The van der Waals surface area contributed by atoms with Gasteiger partial charge in [0.15, 0.2) is 5.79 Å². The summed E-state index contributed by atoms with van der Waals surface area (Å²) in [6, 6.07) is 0. The van der Waals surface area contributed by atoms with Crippen LogP contribution in [0, 0.1) is 23.7 Å². The summed E-state index contributed by atoms with van der Waals surface area (Å²) in [6.45, 7) is 8.87. The Kier molecular flexibility index (Phi) is 4.25. The normalized spacial score (nSPS) is 45.7. The molecule has 6 atom stereocenters. The third-order valence-electron chi connectivity index (χ3n) is 6.00. The van der Waals surface area contributed by atoms with Crippen LogP contribution in [-0.2, 0) is 24.0 Å². The van der Waals surface area contributed by atoms with Crippen LogP contribution in [0.4, 0.5) is 0 Å². The summed E-state index contributed by atoms with van der Waals surface area (Å²) in [6.07, 6.45) is 4.17. The molecule has 3 aliphatic heterocycles. The molecule has 126 valence electrons. The molecule has 0 aromatic rings. The summed E-state index contributed by atoms with van der Waals surface area (Å²) in [7, 11) is 0. The van der Waals surface area contributed by atoms with E-state index in [1.54, 1.807) is 0 Å². The summed E-state index contributed by atoms with van der Waals surface area (Å²) in [5.41, 5.74) is -0.396. The van der Waals surface area contributed by atoms with Gasteiger partial charge in [0.25, 0.3) is 0 Å². The minimum Gasteiger partial charge on any atom is -0.466 e. The van der Waals surface area contributed by atoms with Gasteiger partial charge in [0.1, 0.15) is 5.60 Å². The number of carbonyl (C=O) groups excluding carboxylic acids is 1. The lowest BCUT2D eigenvalue weighted by Crippen LogP contribution is -2.60. The Balaban J connectivity index is 1.83. The minimum atomic E-state index is -0.605. The molecule has 0 N–H and O–H groups in total. The van der Waals surface area contributed by atoms with E-state index < -0.39 is 11.4 Å². The van der Waals surface area contributed by atoms with E-state index in [-0.39, 0.29) is 17.8 Å². The zero-order chi connectivity index (χ0) is 16.0. The van der Waals surface area contributed by atoms with Gasteiger partial charge in [-0.05, 0) is 49.9 Å². The predicted molar refractivity (Wildman–Crippen MR) is 79.7 cm³/mol. The van der Waals surface area contributed by atoms with Gasteiger partial charge >= 0.3 is 5.97 Å². The molecule has 1 aliphatic carbocycles. The quantitative estimate of drug-likeness (QED) is 0.592. The van der Waals surface area contributed by atoms with Crippen molar-refractivity contribution in [2.24, 2.45) is 23.7 Å². The van der Waals surface area contributed by atoms with Crippen molar-refractivity contribution in [2.75, 3.05) is 13.2 Å². The van der Waals surface area contributed by atoms with Crippen molar-refractivity contribution in [3.63, 3.8) is 0 Å². The fourth-order valence-electron chi connectivity index (χ4n) is 4.65. The van der Waals surface area contributed by atoms with Crippen molar-refractivity contribution >= 4 is 5.97 Å². The van der Waals surface area contributed by atoms with Gasteiger partial charge in [-0.1, -0.05) is 13.8 Å². The van der Waals surface area contributed by atoms with Crippen LogP contribution in [-0.4, -0.2) is 30.6 Å². The SMILES string of the molecule is CC(=O)OC[C@H](C)C1CC[C@@H](C)C2CC[C@]3(C)OC[C@@]21OO3. The monoisotopic (exact) mass is 312 g/mol. The summed E-state index contributed by atoms with van der Waals surface area (Å²) in [5.74, 6) is 0.728. The third kappa shape index (κ3) is 2.68. The molecule has 2 unspecified atom stereocenters. The molecule has 5 heteroatoms. The van der Waals surface area contributed by atoms with Gasteiger partial charge in [0, 0.05) is 13.3 Å². The van der Waals surface area contributed by atoms with Crippen molar-refractivity contribution in [3.8, 4) is 0 Å². The van der Waals surface area contributed by atoms with E-state index in [4.69, 9.17) is 19.2 Å².